The van der Waals surface area contributed by atoms with Crippen molar-refractivity contribution in [1.82, 2.24) is 29.7 Å². The number of hydrogen-bond donors (Lipinski definition) is 0. The smallest absolute Gasteiger partial charge is 0.418 e. The molecule has 0 radical (unpaired) electrons. The molecule has 13 nitrogen and oxygen atoms in total. The first-order chi connectivity index (χ1) is 32.9. The number of ether oxygens (including phenoxy) is 4. The van der Waals surface area contributed by atoms with E-state index in [4.69, 9.17) is 33.9 Å². The monoisotopic (exact) mass is 956 g/mol. The third-order valence-corrected chi connectivity index (χ3v) is 14.5. The molecule has 366 valence electrons. The summed E-state index contributed by atoms with van der Waals surface area (Å²) >= 11 is 0. The van der Waals surface area contributed by atoms with E-state index in [0.29, 0.717) is 55.2 Å². The van der Waals surface area contributed by atoms with Crippen LogP contribution in [0.2, 0.25) is 0 Å². The van der Waals surface area contributed by atoms with Crippen molar-refractivity contribution in [3.05, 3.63) is 88.4 Å². The van der Waals surface area contributed by atoms with Crippen LogP contribution in [-0.4, -0.2) is 112 Å². The molecular formula is C51H57F5N8O5. The number of rotatable bonds is 11. The number of aromatic nitrogens is 4. The number of pyridine rings is 2. The second kappa shape index (κ2) is 17.7. The van der Waals surface area contributed by atoms with E-state index in [-0.39, 0.29) is 85.5 Å². The second-order valence-electron chi connectivity index (χ2n) is 20.2. The Bertz CT molecular complexity index is 2710. The number of benzene rings is 2. The summed E-state index contributed by atoms with van der Waals surface area (Å²) in [7, 11) is 3.13. The lowest BCUT2D eigenvalue weighted by atomic mass is 9.95. The zero-order chi connectivity index (χ0) is 48.6. The molecule has 0 spiro atoms. The molecule has 5 aliphatic rings. The van der Waals surface area contributed by atoms with Gasteiger partial charge >= 0.3 is 18.3 Å². The molecule has 3 aromatic heterocycles. The van der Waals surface area contributed by atoms with Crippen molar-refractivity contribution < 1.29 is 45.7 Å². The number of methoxy groups -OCH3 is 2. The van der Waals surface area contributed by atoms with E-state index in [0.717, 1.165) is 24.1 Å². The van der Waals surface area contributed by atoms with Gasteiger partial charge in [-0.3, -0.25) is 9.80 Å². The van der Waals surface area contributed by atoms with Gasteiger partial charge in [-0.1, -0.05) is 24.3 Å². The average molecular weight is 957 g/mol. The zero-order valence-electron chi connectivity index (χ0n) is 39.7. The zero-order valence-corrected chi connectivity index (χ0v) is 39.7. The number of anilines is 2. The lowest BCUT2D eigenvalue weighted by molar-refractivity contribution is -0.137. The van der Waals surface area contributed by atoms with Crippen LogP contribution >= 0.6 is 0 Å². The van der Waals surface area contributed by atoms with E-state index < -0.39 is 52.3 Å². The van der Waals surface area contributed by atoms with Crippen molar-refractivity contribution in [2.24, 2.45) is 0 Å². The van der Waals surface area contributed by atoms with Crippen LogP contribution in [0.3, 0.4) is 0 Å². The van der Waals surface area contributed by atoms with Gasteiger partial charge in [0.2, 0.25) is 0 Å². The first-order valence-electron chi connectivity index (χ1n) is 23.7. The summed E-state index contributed by atoms with van der Waals surface area (Å²) in [6, 6.07) is 15.0. The maximum absolute atomic E-state index is 18.0. The molecule has 5 aliphatic heterocycles. The highest BCUT2D eigenvalue weighted by Gasteiger charge is 2.52. The van der Waals surface area contributed by atoms with Gasteiger partial charge in [0.1, 0.15) is 58.4 Å². The lowest BCUT2D eigenvalue weighted by Crippen LogP contribution is -2.62. The minimum absolute atomic E-state index is 0.0468. The van der Waals surface area contributed by atoms with Crippen LogP contribution < -0.4 is 24.0 Å². The van der Waals surface area contributed by atoms with E-state index >= 15 is 17.6 Å². The summed E-state index contributed by atoms with van der Waals surface area (Å²) < 4.78 is 102. The summed E-state index contributed by atoms with van der Waals surface area (Å²) in [5.74, 6) is 0.676. The first-order valence-corrected chi connectivity index (χ1v) is 23.7. The van der Waals surface area contributed by atoms with Crippen LogP contribution in [0.4, 0.5) is 38.4 Å². The van der Waals surface area contributed by atoms with Gasteiger partial charge < -0.3 is 28.7 Å². The number of piperazine rings is 1. The standard InChI is InChI=1S/C51H57F5N8O5/c1-29-22-39(61(24-30-8-13-34(66-5)14-9-30)25-31-10-15-35(67-6)16-11-31)58-44(41(29)51(54,55)56)45-42(53)43-40-36(57-45)17-19-37-38-18-12-33(64(38)48(65)69-49(2,3)4)27-63(37)46(40)60-47(59-43)68-28-50-20-7-21-62(50)26-32(52)23-50/h8-11,13-16,22,32-33,37-38H,7,12,17-21,23-28H2,1-6H3/t32-,33-,37-,38+,50+/m1/s1. The summed E-state index contributed by atoms with van der Waals surface area (Å²) in [6.45, 7) is 8.66. The molecule has 5 aromatic rings. The number of carbonyl (C=O) groups is 1. The van der Waals surface area contributed by atoms with Crippen molar-refractivity contribution in [3.8, 4) is 28.9 Å². The normalized spacial score (nSPS) is 23.2. The summed E-state index contributed by atoms with van der Waals surface area (Å²) in [6.07, 6.45) is -2.54. The number of fused-ring (bicyclic) bond motifs is 6. The Hall–Kier alpha value is -6.04. The third-order valence-electron chi connectivity index (χ3n) is 14.5. The molecule has 4 saturated heterocycles. The van der Waals surface area contributed by atoms with Gasteiger partial charge in [0.05, 0.1) is 54.5 Å². The van der Waals surface area contributed by atoms with Crippen LogP contribution in [0, 0.1) is 12.7 Å². The molecule has 0 aliphatic carbocycles. The average Bonchev–Trinajstić information content (AvgIpc) is 3.91. The van der Waals surface area contributed by atoms with Crippen molar-refractivity contribution in [2.45, 2.75) is 127 Å². The van der Waals surface area contributed by atoms with E-state index in [1.54, 1.807) is 38.5 Å². The lowest BCUT2D eigenvalue weighted by Gasteiger charge is -2.47. The largest absolute Gasteiger partial charge is 0.497 e. The Morgan fingerprint density at radius 3 is 2.19 bits per heavy atom. The molecular weight excluding hydrogens is 900 g/mol. The molecule has 0 unspecified atom stereocenters. The van der Waals surface area contributed by atoms with Crippen LogP contribution in [-0.2, 0) is 30.4 Å². The van der Waals surface area contributed by atoms with Crippen LogP contribution in [0.25, 0.3) is 22.3 Å². The van der Waals surface area contributed by atoms with E-state index in [9.17, 15) is 9.18 Å². The Balaban J connectivity index is 1.12. The van der Waals surface area contributed by atoms with Crippen molar-refractivity contribution >= 4 is 28.6 Å². The molecule has 2 bridgehead atoms. The maximum Gasteiger partial charge on any atom is 0.418 e. The number of hydrogen-bond acceptors (Lipinski definition) is 12. The molecule has 10 rings (SSSR count). The molecule has 69 heavy (non-hydrogen) atoms. The predicted octanol–water partition coefficient (Wildman–Crippen LogP) is 9.64. The number of amides is 1. The van der Waals surface area contributed by atoms with Gasteiger partial charge in [-0.25, -0.2) is 23.5 Å². The van der Waals surface area contributed by atoms with Gasteiger partial charge in [0, 0.05) is 32.6 Å². The molecule has 4 fully saturated rings. The second-order valence-corrected chi connectivity index (χ2v) is 20.2. The van der Waals surface area contributed by atoms with Gasteiger partial charge in [-0.2, -0.15) is 23.1 Å². The molecule has 5 atom stereocenters. The topological polar surface area (TPSA) is 119 Å². The number of carbonyl (C=O) groups excluding carboxylic acids is 1. The van der Waals surface area contributed by atoms with Gasteiger partial charge in [-0.15, -0.1) is 0 Å². The molecule has 8 heterocycles. The van der Waals surface area contributed by atoms with Gasteiger partial charge in [0.15, 0.2) is 5.82 Å². The fourth-order valence-corrected chi connectivity index (χ4v) is 11.4. The van der Waals surface area contributed by atoms with Crippen LogP contribution in [0.5, 0.6) is 17.5 Å². The minimum atomic E-state index is -4.96. The Morgan fingerprint density at radius 1 is 0.870 bits per heavy atom. The maximum atomic E-state index is 18.0. The molecule has 18 heteroatoms. The first kappa shape index (κ1) is 46.7. The number of aryl methyl sites for hydroxylation is 2. The highest BCUT2D eigenvalue weighted by molar-refractivity contribution is 5.95. The quantitative estimate of drug-likeness (QED) is 0.117. The fraction of sp³-hybridized carbons (Fsp3) is 0.510. The summed E-state index contributed by atoms with van der Waals surface area (Å²) in [4.78, 5) is 40.8. The SMILES string of the molecule is COc1ccc(CN(Cc2ccc(OC)cc2)c2cc(C)c(C(F)(F)F)c(-c3nc4c5c(nc(OC[C@@]67CCCN6C[C@H](F)C7)nc5c3F)N3C[C@H]5CC[C@@H]([C@H]3CC4)N5C(=O)OC(C)(C)C)n2)cc1. The highest BCUT2D eigenvalue weighted by Crippen LogP contribution is 2.47. The summed E-state index contributed by atoms with van der Waals surface area (Å²) in [5, 5.41) is 0.267. The van der Waals surface area contributed by atoms with E-state index in [1.165, 1.54) is 13.0 Å². The minimum Gasteiger partial charge on any atom is -0.497 e. The van der Waals surface area contributed by atoms with Crippen LogP contribution in [0.1, 0.15) is 87.2 Å². The molecule has 0 N–H and O–H groups in total. The predicted molar refractivity (Wildman–Crippen MR) is 249 cm³/mol. The Kier molecular flexibility index (Phi) is 12.0. The van der Waals surface area contributed by atoms with Crippen molar-refractivity contribution in [2.75, 3.05) is 50.3 Å². The van der Waals surface area contributed by atoms with Crippen LogP contribution in [0.15, 0.2) is 54.6 Å². The van der Waals surface area contributed by atoms with Gasteiger partial charge in [-0.05, 0) is 120 Å². The van der Waals surface area contributed by atoms with E-state index in [1.807, 2.05) is 54.8 Å². The molecule has 1 amide bonds. The number of alkyl halides is 4. The Labute approximate surface area is 397 Å². The summed E-state index contributed by atoms with van der Waals surface area (Å²) in [5.41, 5.74) is -2.19. The third kappa shape index (κ3) is 8.82. The highest BCUT2D eigenvalue weighted by atomic mass is 19.4. The number of nitrogens with zero attached hydrogens (tertiary/aromatic N) is 8. The number of halogens is 5. The van der Waals surface area contributed by atoms with Crippen molar-refractivity contribution in [1.29, 1.82) is 0 Å². The molecule has 2 aromatic carbocycles. The molecule has 0 saturated carbocycles. The fourth-order valence-electron chi connectivity index (χ4n) is 11.4. The Morgan fingerprint density at radius 2 is 1.55 bits per heavy atom. The van der Waals surface area contributed by atoms with Crippen molar-refractivity contribution in [3.63, 3.8) is 0 Å². The van der Waals surface area contributed by atoms with Gasteiger partial charge in [0.25, 0.3) is 0 Å². The van der Waals surface area contributed by atoms with E-state index in [2.05, 4.69) is 14.8 Å².